The molecule has 0 saturated carbocycles. The van der Waals surface area contributed by atoms with E-state index >= 15 is 0 Å². The first-order valence-electron chi connectivity index (χ1n) is 7.44. The van der Waals surface area contributed by atoms with Crippen LogP contribution in [0.1, 0.15) is 43.4 Å². The molecule has 1 atom stereocenters. The highest BCUT2D eigenvalue weighted by molar-refractivity contribution is 5.33. The lowest BCUT2D eigenvalue weighted by molar-refractivity contribution is 0.414. The van der Waals surface area contributed by atoms with Crippen LogP contribution in [0.2, 0.25) is 0 Å². The fourth-order valence-corrected chi connectivity index (χ4v) is 2.52. The first-order valence-corrected chi connectivity index (χ1v) is 7.44. The Morgan fingerprint density at radius 2 is 1.57 bits per heavy atom. The van der Waals surface area contributed by atoms with Crippen molar-refractivity contribution in [2.45, 2.75) is 38.6 Å². The molecule has 2 rings (SSSR count). The van der Waals surface area contributed by atoms with Gasteiger partial charge in [-0.15, -0.1) is 0 Å². The molecule has 0 saturated heterocycles. The van der Waals surface area contributed by atoms with Crippen molar-refractivity contribution in [2.24, 2.45) is 5.73 Å². The standard InChI is InChI=1S/C19H25NO/c1-14(2)16-7-9-17(10-8-16)19(3,20)13-15-5-11-18(21-4)12-6-15/h5-12,14H,13,20H2,1-4H3. The Labute approximate surface area is 127 Å². The fraction of sp³-hybridized carbons (Fsp3) is 0.368. The highest BCUT2D eigenvalue weighted by Gasteiger charge is 2.21. The molecule has 2 N–H and O–H groups in total. The number of hydrogen-bond donors (Lipinski definition) is 1. The van der Waals surface area contributed by atoms with Crippen molar-refractivity contribution in [3.63, 3.8) is 0 Å². The van der Waals surface area contributed by atoms with Gasteiger partial charge in [0.15, 0.2) is 0 Å². The first kappa shape index (κ1) is 15.6. The van der Waals surface area contributed by atoms with Gasteiger partial charge in [0.25, 0.3) is 0 Å². The lowest BCUT2D eigenvalue weighted by Gasteiger charge is -2.26. The Bertz CT molecular complexity index is 568. The van der Waals surface area contributed by atoms with Crippen LogP contribution in [0.3, 0.4) is 0 Å². The predicted octanol–water partition coefficient (Wildman–Crippen LogP) is 4.24. The lowest BCUT2D eigenvalue weighted by Crippen LogP contribution is -2.35. The number of hydrogen-bond acceptors (Lipinski definition) is 2. The van der Waals surface area contributed by atoms with Gasteiger partial charge in [-0.3, -0.25) is 0 Å². The van der Waals surface area contributed by atoms with Gasteiger partial charge < -0.3 is 10.5 Å². The second kappa shape index (κ2) is 6.31. The minimum atomic E-state index is -0.371. The van der Waals surface area contributed by atoms with E-state index in [9.17, 15) is 0 Å². The Hall–Kier alpha value is -1.80. The number of methoxy groups -OCH3 is 1. The Balaban J connectivity index is 2.16. The van der Waals surface area contributed by atoms with Crippen LogP contribution >= 0.6 is 0 Å². The van der Waals surface area contributed by atoms with Crippen molar-refractivity contribution in [1.29, 1.82) is 0 Å². The van der Waals surface area contributed by atoms with Crippen LogP contribution in [0.4, 0.5) is 0 Å². The minimum absolute atomic E-state index is 0.371. The summed E-state index contributed by atoms with van der Waals surface area (Å²) < 4.78 is 5.19. The molecular formula is C19H25NO. The summed E-state index contributed by atoms with van der Waals surface area (Å²) in [6, 6.07) is 16.8. The molecule has 2 aromatic rings. The van der Waals surface area contributed by atoms with E-state index in [0.717, 1.165) is 12.2 Å². The molecule has 2 nitrogen and oxygen atoms in total. The van der Waals surface area contributed by atoms with Crippen LogP contribution in [0.25, 0.3) is 0 Å². The summed E-state index contributed by atoms with van der Waals surface area (Å²) in [5.74, 6) is 1.42. The molecule has 0 heterocycles. The third-order valence-electron chi connectivity index (χ3n) is 3.97. The zero-order valence-electron chi connectivity index (χ0n) is 13.4. The number of nitrogens with two attached hydrogens (primary N) is 1. The van der Waals surface area contributed by atoms with Crippen LogP contribution in [-0.2, 0) is 12.0 Å². The van der Waals surface area contributed by atoms with Crippen LogP contribution < -0.4 is 10.5 Å². The van der Waals surface area contributed by atoms with Crippen molar-refractivity contribution in [2.75, 3.05) is 7.11 Å². The highest BCUT2D eigenvalue weighted by atomic mass is 16.5. The van der Waals surface area contributed by atoms with Crippen LogP contribution in [-0.4, -0.2) is 7.11 Å². The third kappa shape index (κ3) is 3.85. The van der Waals surface area contributed by atoms with Crippen molar-refractivity contribution in [1.82, 2.24) is 0 Å². The third-order valence-corrected chi connectivity index (χ3v) is 3.97. The number of ether oxygens (including phenoxy) is 1. The van der Waals surface area contributed by atoms with Gasteiger partial charge in [0.05, 0.1) is 7.11 Å². The quantitative estimate of drug-likeness (QED) is 0.891. The number of rotatable bonds is 5. The predicted molar refractivity (Wildman–Crippen MR) is 88.8 cm³/mol. The molecule has 0 aliphatic carbocycles. The van der Waals surface area contributed by atoms with E-state index in [1.807, 2.05) is 12.1 Å². The van der Waals surface area contributed by atoms with Crippen molar-refractivity contribution < 1.29 is 4.74 Å². The van der Waals surface area contributed by atoms with E-state index in [0.29, 0.717) is 5.92 Å². The largest absolute Gasteiger partial charge is 0.497 e. The zero-order chi connectivity index (χ0) is 15.5. The van der Waals surface area contributed by atoms with Gasteiger partial charge in [-0.05, 0) is 48.1 Å². The molecule has 1 unspecified atom stereocenters. The molecule has 2 heteroatoms. The summed E-state index contributed by atoms with van der Waals surface area (Å²) in [5, 5.41) is 0. The van der Waals surface area contributed by atoms with E-state index in [4.69, 9.17) is 10.5 Å². The Morgan fingerprint density at radius 3 is 2.05 bits per heavy atom. The molecule has 0 aliphatic heterocycles. The molecule has 0 radical (unpaired) electrons. The zero-order valence-corrected chi connectivity index (χ0v) is 13.4. The van der Waals surface area contributed by atoms with Gasteiger partial charge in [0, 0.05) is 5.54 Å². The van der Waals surface area contributed by atoms with Crippen molar-refractivity contribution in [3.05, 3.63) is 65.2 Å². The molecule has 0 fully saturated rings. The van der Waals surface area contributed by atoms with E-state index in [2.05, 4.69) is 57.2 Å². The SMILES string of the molecule is COc1ccc(CC(C)(N)c2ccc(C(C)C)cc2)cc1. The van der Waals surface area contributed by atoms with Crippen LogP contribution in [0.15, 0.2) is 48.5 Å². The van der Waals surface area contributed by atoms with Gasteiger partial charge in [-0.25, -0.2) is 0 Å². The van der Waals surface area contributed by atoms with Crippen molar-refractivity contribution >= 4 is 0 Å². The van der Waals surface area contributed by atoms with Crippen LogP contribution in [0, 0.1) is 0 Å². The van der Waals surface area contributed by atoms with Crippen molar-refractivity contribution in [3.8, 4) is 5.75 Å². The normalized spacial score (nSPS) is 14.0. The first-order chi connectivity index (χ1) is 9.92. The summed E-state index contributed by atoms with van der Waals surface area (Å²) >= 11 is 0. The summed E-state index contributed by atoms with van der Waals surface area (Å²) in [7, 11) is 1.68. The molecule has 0 spiro atoms. The van der Waals surface area contributed by atoms with E-state index in [1.54, 1.807) is 7.11 Å². The van der Waals surface area contributed by atoms with E-state index in [1.165, 1.54) is 16.7 Å². The number of benzene rings is 2. The lowest BCUT2D eigenvalue weighted by atomic mass is 9.85. The molecule has 0 aliphatic rings. The Morgan fingerprint density at radius 1 is 1.00 bits per heavy atom. The maximum absolute atomic E-state index is 6.54. The Kier molecular flexibility index (Phi) is 4.69. The minimum Gasteiger partial charge on any atom is -0.497 e. The molecule has 0 amide bonds. The van der Waals surface area contributed by atoms with Gasteiger partial charge in [0.1, 0.15) is 5.75 Å². The summed E-state index contributed by atoms with van der Waals surface area (Å²) in [4.78, 5) is 0. The van der Waals surface area contributed by atoms with E-state index in [-0.39, 0.29) is 5.54 Å². The second-order valence-electron chi connectivity index (χ2n) is 6.22. The topological polar surface area (TPSA) is 35.2 Å². The molecule has 0 aromatic heterocycles. The van der Waals surface area contributed by atoms with Crippen LogP contribution in [0.5, 0.6) is 5.75 Å². The van der Waals surface area contributed by atoms with Gasteiger partial charge in [-0.2, -0.15) is 0 Å². The molecule has 21 heavy (non-hydrogen) atoms. The van der Waals surface area contributed by atoms with E-state index < -0.39 is 0 Å². The maximum Gasteiger partial charge on any atom is 0.118 e. The summed E-state index contributed by atoms with van der Waals surface area (Å²) in [6.45, 7) is 6.49. The summed E-state index contributed by atoms with van der Waals surface area (Å²) in [5.41, 5.74) is 9.90. The monoisotopic (exact) mass is 283 g/mol. The smallest absolute Gasteiger partial charge is 0.118 e. The average molecular weight is 283 g/mol. The average Bonchev–Trinajstić information content (AvgIpc) is 2.48. The second-order valence-corrected chi connectivity index (χ2v) is 6.22. The maximum atomic E-state index is 6.54. The molecule has 0 bridgehead atoms. The molecule has 112 valence electrons. The van der Waals surface area contributed by atoms with Gasteiger partial charge in [-0.1, -0.05) is 50.2 Å². The molecule has 2 aromatic carbocycles. The van der Waals surface area contributed by atoms with Gasteiger partial charge in [0.2, 0.25) is 0 Å². The fourth-order valence-electron chi connectivity index (χ4n) is 2.52. The highest BCUT2D eigenvalue weighted by Crippen LogP contribution is 2.25. The summed E-state index contributed by atoms with van der Waals surface area (Å²) in [6.07, 6.45) is 0.804. The van der Waals surface area contributed by atoms with Gasteiger partial charge >= 0.3 is 0 Å². The molecular weight excluding hydrogens is 258 g/mol.